The lowest BCUT2D eigenvalue weighted by Crippen LogP contribution is -2.38. The first-order valence-corrected chi connectivity index (χ1v) is 5.24. The van der Waals surface area contributed by atoms with Gasteiger partial charge in [-0.3, -0.25) is 0 Å². The first kappa shape index (κ1) is 9.47. The molecule has 0 spiro atoms. The van der Waals surface area contributed by atoms with Crippen LogP contribution in [-0.2, 0) is 0 Å². The zero-order valence-electron chi connectivity index (χ0n) is 8.75. The molecule has 0 aromatic carbocycles. The van der Waals surface area contributed by atoms with Gasteiger partial charge in [0.25, 0.3) is 0 Å². The van der Waals surface area contributed by atoms with E-state index in [1.165, 1.54) is 6.42 Å². The highest BCUT2D eigenvalue weighted by molar-refractivity contribution is 5.14. The minimum Gasteiger partial charge on any atom is -0.396 e. The first-order valence-electron chi connectivity index (χ1n) is 5.24. The Bertz CT molecular complexity index is 224. The summed E-state index contributed by atoms with van der Waals surface area (Å²) in [6.07, 6.45) is 1.99. The molecule has 2 rings (SSSR count). The van der Waals surface area contributed by atoms with Crippen molar-refractivity contribution in [3.05, 3.63) is 0 Å². The third-order valence-electron chi connectivity index (χ3n) is 5.16. The topological polar surface area (TPSA) is 40.5 Å². The summed E-state index contributed by atoms with van der Waals surface area (Å²) in [6.45, 7) is 6.80. The molecule has 0 amide bonds. The van der Waals surface area contributed by atoms with E-state index >= 15 is 0 Å². The Morgan fingerprint density at radius 3 is 2.23 bits per heavy atom. The molecule has 2 bridgehead atoms. The summed E-state index contributed by atoms with van der Waals surface area (Å²) in [5, 5.41) is 19.4. The van der Waals surface area contributed by atoms with Gasteiger partial charge in [0, 0.05) is 12.5 Å². The highest BCUT2D eigenvalue weighted by Crippen LogP contribution is 2.67. The molecule has 2 N–H and O–H groups in total. The molecular formula is C11H20O2. The number of fused-ring (bicyclic) bond motifs is 2. The average molecular weight is 184 g/mol. The molecule has 2 aliphatic carbocycles. The summed E-state index contributed by atoms with van der Waals surface area (Å²) in [4.78, 5) is 0. The molecule has 2 heteroatoms. The zero-order valence-corrected chi connectivity index (χ0v) is 8.75. The van der Waals surface area contributed by atoms with Crippen LogP contribution >= 0.6 is 0 Å². The molecule has 0 radical (unpaired) electrons. The van der Waals surface area contributed by atoms with Crippen LogP contribution in [0.4, 0.5) is 0 Å². The molecule has 0 heterocycles. The van der Waals surface area contributed by atoms with Gasteiger partial charge < -0.3 is 10.2 Å². The molecule has 0 aromatic heterocycles. The van der Waals surface area contributed by atoms with Crippen molar-refractivity contribution in [1.29, 1.82) is 0 Å². The van der Waals surface area contributed by atoms with Gasteiger partial charge in [0.05, 0.1) is 6.10 Å². The summed E-state index contributed by atoms with van der Waals surface area (Å²) >= 11 is 0. The Labute approximate surface area is 80.0 Å². The van der Waals surface area contributed by atoms with E-state index in [0.717, 1.165) is 6.42 Å². The Morgan fingerprint density at radius 2 is 1.92 bits per heavy atom. The van der Waals surface area contributed by atoms with Crippen LogP contribution < -0.4 is 0 Å². The van der Waals surface area contributed by atoms with Gasteiger partial charge in [0.1, 0.15) is 0 Å². The van der Waals surface area contributed by atoms with Gasteiger partial charge in [-0.25, -0.2) is 0 Å². The maximum Gasteiger partial charge on any atom is 0.0651 e. The Balaban J connectivity index is 2.39. The van der Waals surface area contributed by atoms with Crippen molar-refractivity contribution in [3.8, 4) is 0 Å². The third-order valence-corrected chi connectivity index (χ3v) is 5.16. The summed E-state index contributed by atoms with van der Waals surface area (Å²) < 4.78 is 0. The van der Waals surface area contributed by atoms with Crippen LogP contribution in [0.15, 0.2) is 0 Å². The molecular weight excluding hydrogens is 164 g/mol. The second kappa shape index (κ2) is 2.48. The largest absolute Gasteiger partial charge is 0.396 e. The number of aliphatic hydroxyl groups is 2. The molecule has 2 fully saturated rings. The van der Waals surface area contributed by atoms with Crippen LogP contribution in [0.25, 0.3) is 0 Å². The van der Waals surface area contributed by atoms with Crippen LogP contribution in [0.3, 0.4) is 0 Å². The van der Waals surface area contributed by atoms with Crippen molar-refractivity contribution < 1.29 is 10.2 Å². The normalized spacial score (nSPS) is 52.8. The summed E-state index contributed by atoms with van der Waals surface area (Å²) in [5.74, 6) is 0.631. The summed E-state index contributed by atoms with van der Waals surface area (Å²) in [6, 6.07) is 0. The van der Waals surface area contributed by atoms with E-state index < -0.39 is 0 Å². The Kier molecular flexibility index (Phi) is 1.81. The molecule has 0 aromatic rings. The maximum absolute atomic E-state index is 10.1. The van der Waals surface area contributed by atoms with Crippen molar-refractivity contribution in [2.45, 2.75) is 39.7 Å². The molecule has 0 unspecified atom stereocenters. The van der Waals surface area contributed by atoms with Crippen molar-refractivity contribution in [1.82, 2.24) is 0 Å². The van der Waals surface area contributed by atoms with E-state index in [-0.39, 0.29) is 29.5 Å². The van der Waals surface area contributed by atoms with Crippen LogP contribution in [-0.4, -0.2) is 22.9 Å². The lowest BCUT2D eigenvalue weighted by molar-refractivity contribution is -0.0236. The predicted molar refractivity (Wildman–Crippen MR) is 51.2 cm³/mol. The maximum atomic E-state index is 10.1. The molecule has 0 aliphatic heterocycles. The highest BCUT2D eigenvalue weighted by atomic mass is 16.3. The van der Waals surface area contributed by atoms with Crippen LogP contribution in [0.5, 0.6) is 0 Å². The molecule has 0 saturated heterocycles. The number of hydrogen-bond acceptors (Lipinski definition) is 2. The van der Waals surface area contributed by atoms with E-state index in [2.05, 4.69) is 20.8 Å². The Hall–Kier alpha value is -0.0800. The Morgan fingerprint density at radius 1 is 1.31 bits per heavy atom. The third kappa shape index (κ3) is 0.861. The minimum absolute atomic E-state index is 0.0328. The van der Waals surface area contributed by atoms with Gasteiger partial charge in [-0.05, 0) is 29.6 Å². The number of aliphatic hydroxyl groups excluding tert-OH is 2. The SMILES string of the molecule is CC1(C)[C@@H]2CC[C@]1(C)[C@H](O)[C@@H]2CO. The predicted octanol–water partition coefficient (Wildman–Crippen LogP) is 1.41. The fourth-order valence-electron chi connectivity index (χ4n) is 3.76. The van der Waals surface area contributed by atoms with Gasteiger partial charge in [0.15, 0.2) is 0 Å². The fraction of sp³-hybridized carbons (Fsp3) is 1.00. The lowest BCUT2D eigenvalue weighted by atomic mass is 9.70. The first-order chi connectivity index (χ1) is 5.95. The summed E-state index contributed by atoms with van der Waals surface area (Å²) in [5.41, 5.74) is 0.227. The zero-order chi connectivity index (χ0) is 9.85. The van der Waals surface area contributed by atoms with Crippen molar-refractivity contribution in [3.63, 3.8) is 0 Å². The minimum atomic E-state index is -0.300. The van der Waals surface area contributed by atoms with Gasteiger partial charge >= 0.3 is 0 Å². The van der Waals surface area contributed by atoms with E-state index in [0.29, 0.717) is 5.92 Å². The smallest absolute Gasteiger partial charge is 0.0651 e. The molecule has 4 atom stereocenters. The van der Waals surface area contributed by atoms with E-state index in [1.807, 2.05) is 0 Å². The van der Waals surface area contributed by atoms with E-state index in [1.54, 1.807) is 0 Å². The van der Waals surface area contributed by atoms with Gasteiger partial charge in [0.2, 0.25) is 0 Å². The second-order valence-corrected chi connectivity index (χ2v) is 5.58. The quantitative estimate of drug-likeness (QED) is 0.647. The average Bonchev–Trinajstić information content (AvgIpc) is 2.36. The van der Waals surface area contributed by atoms with Crippen LogP contribution in [0, 0.1) is 22.7 Å². The number of rotatable bonds is 1. The van der Waals surface area contributed by atoms with Gasteiger partial charge in [-0.1, -0.05) is 20.8 Å². The molecule has 13 heavy (non-hydrogen) atoms. The highest BCUT2D eigenvalue weighted by Gasteiger charge is 2.65. The van der Waals surface area contributed by atoms with Crippen molar-refractivity contribution in [2.24, 2.45) is 22.7 Å². The van der Waals surface area contributed by atoms with Gasteiger partial charge in [-0.15, -0.1) is 0 Å². The lowest BCUT2D eigenvalue weighted by Gasteiger charge is -2.37. The van der Waals surface area contributed by atoms with Crippen LogP contribution in [0.1, 0.15) is 33.6 Å². The molecule has 2 aliphatic rings. The van der Waals surface area contributed by atoms with Gasteiger partial charge in [-0.2, -0.15) is 0 Å². The summed E-state index contributed by atoms with van der Waals surface area (Å²) in [7, 11) is 0. The number of hydrogen-bond donors (Lipinski definition) is 2. The second-order valence-electron chi connectivity index (χ2n) is 5.58. The molecule has 76 valence electrons. The van der Waals surface area contributed by atoms with Crippen LogP contribution in [0.2, 0.25) is 0 Å². The van der Waals surface area contributed by atoms with Crippen molar-refractivity contribution in [2.75, 3.05) is 6.61 Å². The van der Waals surface area contributed by atoms with E-state index in [9.17, 15) is 10.2 Å². The monoisotopic (exact) mass is 184 g/mol. The van der Waals surface area contributed by atoms with E-state index in [4.69, 9.17) is 0 Å². The standard InChI is InChI=1S/C11H20O2/c1-10(2)8-4-5-11(10,3)9(13)7(8)6-12/h7-9,12-13H,4-6H2,1-3H3/t7-,8-,9-,11-/m1/s1. The fourth-order valence-corrected chi connectivity index (χ4v) is 3.76. The molecule has 2 nitrogen and oxygen atoms in total. The molecule has 2 saturated carbocycles. The van der Waals surface area contributed by atoms with Crippen molar-refractivity contribution >= 4 is 0 Å².